The van der Waals surface area contributed by atoms with E-state index in [1.165, 1.54) is 37.7 Å². The van der Waals surface area contributed by atoms with Crippen molar-refractivity contribution < 1.29 is 4.42 Å². The highest BCUT2D eigenvalue weighted by atomic mass is 16.3. The highest BCUT2D eigenvalue weighted by molar-refractivity contribution is 6.06. The first-order valence-corrected chi connectivity index (χ1v) is 17.8. The molecule has 7 aromatic rings. The SMILES string of the molecule is C[C@@H]1C[C@@H]2C[C@H](C)CC(c3ccc(-c4nc(-c5ccccc5)nc(-c5cccc(-c6ccc7c(c6)oc6ccc(C#N)cc67)c5)n4)cc3)(C1)C2. The molecule has 0 N–H and O–H groups in total. The first-order chi connectivity index (χ1) is 24.4. The molecular formula is C45H38N4O. The molecule has 0 saturated heterocycles. The molecule has 0 spiro atoms. The molecule has 2 saturated carbocycles. The highest BCUT2D eigenvalue weighted by Gasteiger charge is 2.45. The number of hydrogen-bond donors (Lipinski definition) is 0. The smallest absolute Gasteiger partial charge is 0.164 e. The molecule has 244 valence electrons. The van der Waals surface area contributed by atoms with Gasteiger partial charge in [0.15, 0.2) is 17.5 Å². The number of aromatic nitrogens is 3. The highest BCUT2D eigenvalue weighted by Crippen LogP contribution is 2.54. The molecule has 4 atom stereocenters. The Kier molecular flexibility index (Phi) is 7.35. The van der Waals surface area contributed by atoms with E-state index in [0.29, 0.717) is 23.0 Å². The minimum atomic E-state index is 0.281. The topological polar surface area (TPSA) is 75.6 Å². The summed E-state index contributed by atoms with van der Waals surface area (Å²) in [6.45, 7) is 4.89. The number of fused-ring (bicyclic) bond motifs is 5. The van der Waals surface area contributed by atoms with Gasteiger partial charge in [0, 0.05) is 27.5 Å². The maximum absolute atomic E-state index is 9.39. The molecule has 0 aliphatic heterocycles. The van der Waals surface area contributed by atoms with Crippen molar-refractivity contribution in [3.63, 3.8) is 0 Å². The maximum Gasteiger partial charge on any atom is 0.164 e. The lowest BCUT2D eigenvalue weighted by molar-refractivity contribution is 0.0780. The van der Waals surface area contributed by atoms with E-state index in [4.69, 9.17) is 19.4 Å². The molecule has 2 bridgehead atoms. The van der Waals surface area contributed by atoms with Crippen molar-refractivity contribution in [2.45, 2.75) is 51.4 Å². The Hall–Kier alpha value is -5.60. The van der Waals surface area contributed by atoms with Gasteiger partial charge in [-0.05, 0) is 108 Å². The van der Waals surface area contributed by atoms with Crippen LogP contribution in [0, 0.1) is 29.1 Å². The van der Waals surface area contributed by atoms with Crippen LogP contribution >= 0.6 is 0 Å². The lowest BCUT2D eigenvalue weighted by atomic mass is 9.54. The zero-order chi connectivity index (χ0) is 33.8. The molecule has 5 aromatic carbocycles. The number of furan rings is 1. The van der Waals surface area contributed by atoms with Gasteiger partial charge in [-0.3, -0.25) is 0 Å². The Morgan fingerprint density at radius 2 is 1.20 bits per heavy atom. The Morgan fingerprint density at radius 3 is 1.92 bits per heavy atom. The van der Waals surface area contributed by atoms with Crippen LogP contribution in [0.4, 0.5) is 0 Å². The van der Waals surface area contributed by atoms with E-state index in [-0.39, 0.29) is 5.41 Å². The molecular weight excluding hydrogens is 613 g/mol. The van der Waals surface area contributed by atoms with E-state index < -0.39 is 0 Å². The number of hydrogen-bond acceptors (Lipinski definition) is 5. The van der Waals surface area contributed by atoms with Gasteiger partial charge in [-0.2, -0.15) is 5.26 Å². The normalized spacial score (nSPS) is 21.7. The predicted octanol–water partition coefficient (Wildman–Crippen LogP) is 11.4. The number of nitriles is 1. The average molecular weight is 651 g/mol. The van der Waals surface area contributed by atoms with Gasteiger partial charge >= 0.3 is 0 Å². The Bertz CT molecular complexity index is 2400. The zero-order valence-electron chi connectivity index (χ0n) is 28.4. The summed E-state index contributed by atoms with van der Waals surface area (Å²) < 4.78 is 6.20. The van der Waals surface area contributed by atoms with Gasteiger partial charge in [0.25, 0.3) is 0 Å². The van der Waals surface area contributed by atoms with Crippen molar-refractivity contribution >= 4 is 21.9 Å². The van der Waals surface area contributed by atoms with E-state index in [1.807, 2.05) is 30.3 Å². The Labute approximate surface area is 292 Å². The van der Waals surface area contributed by atoms with Crippen LogP contribution in [0.15, 0.2) is 120 Å². The predicted molar refractivity (Wildman–Crippen MR) is 200 cm³/mol. The van der Waals surface area contributed by atoms with Gasteiger partial charge in [-0.15, -0.1) is 0 Å². The van der Waals surface area contributed by atoms with Crippen molar-refractivity contribution in [1.29, 1.82) is 5.26 Å². The van der Waals surface area contributed by atoms with Gasteiger partial charge in [0.1, 0.15) is 11.2 Å². The largest absolute Gasteiger partial charge is 0.456 e. The molecule has 2 fully saturated rings. The minimum Gasteiger partial charge on any atom is -0.456 e. The molecule has 0 amide bonds. The fourth-order valence-electron chi connectivity index (χ4n) is 9.25. The fraction of sp³-hybridized carbons (Fsp3) is 0.244. The first kappa shape index (κ1) is 30.5. The third-order valence-corrected chi connectivity index (χ3v) is 11.1. The lowest BCUT2D eigenvalue weighted by Crippen LogP contribution is -2.42. The second kappa shape index (κ2) is 12.1. The lowest BCUT2D eigenvalue weighted by Gasteiger charge is -2.50. The van der Waals surface area contributed by atoms with Crippen LogP contribution in [0.1, 0.15) is 57.1 Å². The summed E-state index contributed by atoms with van der Waals surface area (Å²) in [4.78, 5) is 15.1. The molecule has 50 heavy (non-hydrogen) atoms. The summed E-state index contributed by atoms with van der Waals surface area (Å²) in [5, 5.41) is 11.3. The van der Waals surface area contributed by atoms with Crippen LogP contribution in [-0.4, -0.2) is 15.0 Å². The van der Waals surface area contributed by atoms with Crippen molar-refractivity contribution in [3.05, 3.63) is 126 Å². The molecule has 1 unspecified atom stereocenters. The molecule has 2 heterocycles. The molecule has 9 rings (SSSR count). The van der Waals surface area contributed by atoms with Gasteiger partial charge in [0.2, 0.25) is 0 Å². The van der Waals surface area contributed by atoms with E-state index >= 15 is 0 Å². The monoisotopic (exact) mass is 650 g/mol. The van der Waals surface area contributed by atoms with Crippen LogP contribution in [0.5, 0.6) is 0 Å². The van der Waals surface area contributed by atoms with E-state index in [9.17, 15) is 5.26 Å². The first-order valence-electron chi connectivity index (χ1n) is 17.8. The maximum atomic E-state index is 9.39. The van der Waals surface area contributed by atoms with Crippen LogP contribution in [-0.2, 0) is 5.41 Å². The summed E-state index contributed by atoms with van der Waals surface area (Å²) in [5.41, 5.74) is 8.88. The summed E-state index contributed by atoms with van der Waals surface area (Å²) in [6, 6.07) is 41.7. The van der Waals surface area contributed by atoms with Gasteiger partial charge in [-0.25, -0.2) is 15.0 Å². The standard InChI is InChI=1S/C45H38N4O/c1-28-19-31-20-29(2)25-45(24-28,26-31)37-15-12-33(13-16-37)43-47-42(32-7-4-3-5-8-32)48-44(49-43)36-10-6-9-34(22-36)35-14-17-38-39-21-30(27-46)11-18-40(39)50-41(38)23-35/h3-18,21-23,28-29,31H,19-20,24-26H2,1-2H3/t28-,29+,31-,45?. The van der Waals surface area contributed by atoms with Crippen LogP contribution in [0.2, 0.25) is 0 Å². The van der Waals surface area contributed by atoms with Gasteiger partial charge in [0.05, 0.1) is 11.6 Å². The van der Waals surface area contributed by atoms with Crippen LogP contribution in [0.3, 0.4) is 0 Å². The fourth-order valence-corrected chi connectivity index (χ4v) is 9.25. The average Bonchev–Trinajstić information content (AvgIpc) is 3.51. The van der Waals surface area contributed by atoms with Crippen LogP contribution in [0.25, 0.3) is 67.2 Å². The molecule has 5 nitrogen and oxygen atoms in total. The third-order valence-electron chi connectivity index (χ3n) is 11.1. The Morgan fingerprint density at radius 1 is 0.580 bits per heavy atom. The molecule has 2 aromatic heterocycles. The quantitative estimate of drug-likeness (QED) is 0.185. The number of rotatable bonds is 5. The van der Waals surface area contributed by atoms with E-state index in [2.05, 4.69) is 98.8 Å². The number of nitrogens with zero attached hydrogens (tertiary/aromatic N) is 4. The van der Waals surface area contributed by atoms with E-state index in [0.717, 1.165) is 67.5 Å². The second-order valence-electron chi connectivity index (χ2n) is 14.9. The third kappa shape index (κ3) is 5.46. The van der Waals surface area contributed by atoms with Crippen molar-refractivity contribution in [3.8, 4) is 51.4 Å². The molecule has 2 aliphatic carbocycles. The zero-order valence-corrected chi connectivity index (χ0v) is 28.4. The number of benzene rings is 5. The van der Waals surface area contributed by atoms with Gasteiger partial charge < -0.3 is 4.42 Å². The van der Waals surface area contributed by atoms with E-state index in [1.54, 1.807) is 6.07 Å². The summed E-state index contributed by atoms with van der Waals surface area (Å²) in [7, 11) is 0. The van der Waals surface area contributed by atoms with Crippen molar-refractivity contribution in [2.24, 2.45) is 17.8 Å². The molecule has 5 heteroatoms. The summed E-state index contributed by atoms with van der Waals surface area (Å²) >= 11 is 0. The van der Waals surface area contributed by atoms with Crippen molar-refractivity contribution in [1.82, 2.24) is 15.0 Å². The molecule has 2 aliphatic rings. The second-order valence-corrected chi connectivity index (χ2v) is 14.9. The minimum absolute atomic E-state index is 0.281. The summed E-state index contributed by atoms with van der Waals surface area (Å²) in [5.74, 6) is 4.36. The van der Waals surface area contributed by atoms with Gasteiger partial charge in [-0.1, -0.05) is 92.7 Å². The summed E-state index contributed by atoms with van der Waals surface area (Å²) in [6.07, 6.45) is 6.63. The Balaban J connectivity index is 1.10. The van der Waals surface area contributed by atoms with Crippen molar-refractivity contribution in [2.75, 3.05) is 0 Å². The molecule has 0 radical (unpaired) electrons. The van der Waals surface area contributed by atoms with Crippen LogP contribution < -0.4 is 0 Å².